The van der Waals surface area contributed by atoms with E-state index >= 15 is 0 Å². The molecule has 2 aromatic carbocycles. The zero-order valence-electron chi connectivity index (χ0n) is 23.5. The lowest BCUT2D eigenvalue weighted by Gasteiger charge is -2.47. The Morgan fingerprint density at radius 2 is 1.98 bits per heavy atom. The van der Waals surface area contributed by atoms with Crippen LogP contribution in [-0.4, -0.2) is 28.2 Å². The first-order valence-electron chi connectivity index (χ1n) is 14.9. The topological polar surface area (TPSA) is 71.5 Å². The summed E-state index contributed by atoms with van der Waals surface area (Å²) >= 11 is 6.20. The molecule has 0 radical (unpaired) electrons. The van der Waals surface area contributed by atoms with Gasteiger partial charge in [0.15, 0.2) is 0 Å². The van der Waals surface area contributed by atoms with Gasteiger partial charge in [0.25, 0.3) is 0 Å². The van der Waals surface area contributed by atoms with Crippen LogP contribution in [-0.2, 0) is 23.1 Å². The van der Waals surface area contributed by atoms with Gasteiger partial charge in [-0.2, -0.15) is 0 Å². The Morgan fingerprint density at radius 3 is 2.76 bits per heavy atom. The summed E-state index contributed by atoms with van der Waals surface area (Å²) in [6, 6.07) is 17.8. The number of anilines is 1. The number of hydrogen-bond donors (Lipinski definition) is 2. The second-order valence-corrected chi connectivity index (χ2v) is 12.9. The Hall–Kier alpha value is -3.12. The number of aliphatic carboxylic acids is 1. The van der Waals surface area contributed by atoms with Crippen molar-refractivity contribution in [2.45, 2.75) is 81.8 Å². The number of carbonyl (C=O) groups is 1. The molecule has 216 valence electrons. The van der Waals surface area contributed by atoms with Gasteiger partial charge in [0.1, 0.15) is 17.5 Å². The molecule has 7 heteroatoms. The zero-order valence-corrected chi connectivity index (χ0v) is 24.3. The zero-order chi connectivity index (χ0) is 28.6. The standard InChI is InChI=1S/C34H38ClFN2O3/c1-22(21-41-30-12-17-37-29-11-5-10-28(36)31(29)30)18-24-19-23-6-2-3-9-27(23)33(24)13-15-34(16-14-33,32(39)40)38-26-8-4-7-25(35)20-26/h2-4,6-9,12,17,20,22,24,28,38H,5,10-11,13-16,18-19,21H2,1H3,(H,39,40)/t22-,24+,28?,33?,34?/m1/s1. The fourth-order valence-electron chi connectivity index (χ4n) is 7.74. The number of carboxylic acids is 1. The molecule has 0 aliphatic heterocycles. The Labute approximate surface area is 246 Å². The molecule has 3 aliphatic carbocycles. The number of carboxylic acid groups (broad SMARTS) is 1. The summed E-state index contributed by atoms with van der Waals surface area (Å²) in [5.41, 5.74) is 3.85. The number of halogens is 2. The summed E-state index contributed by atoms with van der Waals surface area (Å²) in [6.07, 6.45) is 7.47. The van der Waals surface area contributed by atoms with Crippen molar-refractivity contribution >= 4 is 23.3 Å². The minimum absolute atomic E-state index is 0.0698. The molecule has 1 saturated carbocycles. The van der Waals surface area contributed by atoms with Crippen LogP contribution in [0, 0.1) is 11.8 Å². The predicted molar refractivity (Wildman–Crippen MR) is 160 cm³/mol. The lowest BCUT2D eigenvalue weighted by molar-refractivity contribution is -0.144. The molecule has 3 atom stereocenters. The highest BCUT2D eigenvalue weighted by atomic mass is 35.5. The second kappa shape index (κ2) is 11.3. The van der Waals surface area contributed by atoms with Crippen molar-refractivity contribution in [3.05, 3.63) is 88.2 Å². The number of rotatable bonds is 8. The van der Waals surface area contributed by atoms with E-state index < -0.39 is 17.7 Å². The summed E-state index contributed by atoms with van der Waals surface area (Å²) < 4.78 is 21.0. The fourth-order valence-corrected chi connectivity index (χ4v) is 7.93. The SMILES string of the molecule is C[C@@H](COc1ccnc2c1C(F)CCC2)C[C@H]1Cc2ccccc2C12CCC(Nc1cccc(Cl)c1)(C(=O)O)CC2. The van der Waals surface area contributed by atoms with Crippen molar-refractivity contribution in [2.24, 2.45) is 11.8 Å². The van der Waals surface area contributed by atoms with Gasteiger partial charge in [-0.1, -0.05) is 48.9 Å². The van der Waals surface area contributed by atoms with Crippen LogP contribution in [0.25, 0.3) is 0 Å². The third-order valence-electron chi connectivity index (χ3n) is 9.84. The van der Waals surface area contributed by atoms with E-state index in [2.05, 4.69) is 41.5 Å². The molecule has 1 aromatic heterocycles. The highest BCUT2D eigenvalue weighted by molar-refractivity contribution is 6.30. The summed E-state index contributed by atoms with van der Waals surface area (Å²) in [4.78, 5) is 17.1. The third kappa shape index (κ3) is 5.31. The fraction of sp³-hybridized carbons (Fsp3) is 0.471. The number of ether oxygens (including phenoxy) is 1. The molecular weight excluding hydrogens is 539 g/mol. The summed E-state index contributed by atoms with van der Waals surface area (Å²) in [5, 5.41) is 14.3. The average molecular weight is 577 g/mol. The van der Waals surface area contributed by atoms with Crippen LogP contribution in [0.3, 0.4) is 0 Å². The van der Waals surface area contributed by atoms with E-state index in [0.717, 1.165) is 49.9 Å². The van der Waals surface area contributed by atoms with Gasteiger partial charge in [0, 0.05) is 22.5 Å². The number of nitrogens with one attached hydrogen (secondary N) is 1. The van der Waals surface area contributed by atoms with Crippen LogP contribution in [0.15, 0.2) is 60.8 Å². The van der Waals surface area contributed by atoms with E-state index in [1.165, 1.54) is 11.1 Å². The Kier molecular flexibility index (Phi) is 7.71. The molecule has 1 spiro atoms. The van der Waals surface area contributed by atoms with E-state index in [1.807, 2.05) is 12.1 Å². The Balaban J connectivity index is 1.19. The van der Waals surface area contributed by atoms with Crippen molar-refractivity contribution in [2.75, 3.05) is 11.9 Å². The molecule has 0 bridgehead atoms. The lowest BCUT2D eigenvalue weighted by atomic mass is 9.59. The highest BCUT2D eigenvalue weighted by Gasteiger charge is 2.54. The first kappa shape index (κ1) is 28.0. The number of aryl methyl sites for hydroxylation is 1. The Bertz CT molecular complexity index is 1420. The molecule has 41 heavy (non-hydrogen) atoms. The molecule has 2 N–H and O–H groups in total. The van der Waals surface area contributed by atoms with E-state index in [1.54, 1.807) is 24.4 Å². The van der Waals surface area contributed by atoms with Crippen LogP contribution in [0.4, 0.5) is 10.1 Å². The number of alkyl halides is 1. The van der Waals surface area contributed by atoms with Crippen molar-refractivity contribution < 1.29 is 19.0 Å². The molecule has 1 heterocycles. The average Bonchev–Trinajstić information content (AvgIpc) is 3.25. The quantitative estimate of drug-likeness (QED) is 0.283. The molecule has 5 nitrogen and oxygen atoms in total. The van der Waals surface area contributed by atoms with Crippen LogP contribution >= 0.6 is 11.6 Å². The van der Waals surface area contributed by atoms with E-state index in [0.29, 0.717) is 48.1 Å². The molecule has 1 unspecified atom stereocenters. The largest absolute Gasteiger partial charge is 0.493 e. The van der Waals surface area contributed by atoms with Crippen LogP contribution in [0.2, 0.25) is 5.02 Å². The maximum absolute atomic E-state index is 14.8. The number of hydrogen-bond acceptors (Lipinski definition) is 4. The lowest BCUT2D eigenvalue weighted by Crippen LogP contribution is -2.53. The third-order valence-corrected chi connectivity index (χ3v) is 10.1. The molecule has 0 saturated heterocycles. The van der Waals surface area contributed by atoms with Crippen LogP contribution in [0.1, 0.15) is 80.4 Å². The maximum Gasteiger partial charge on any atom is 0.329 e. The molecule has 6 rings (SSSR count). The minimum Gasteiger partial charge on any atom is -0.493 e. The second-order valence-electron chi connectivity index (χ2n) is 12.4. The van der Waals surface area contributed by atoms with Crippen molar-refractivity contribution in [1.82, 2.24) is 4.98 Å². The molecule has 0 amide bonds. The van der Waals surface area contributed by atoms with Gasteiger partial charge < -0.3 is 15.2 Å². The van der Waals surface area contributed by atoms with Gasteiger partial charge in [-0.05, 0) is 110 Å². The van der Waals surface area contributed by atoms with Crippen molar-refractivity contribution in [3.63, 3.8) is 0 Å². The maximum atomic E-state index is 14.8. The van der Waals surface area contributed by atoms with Gasteiger partial charge in [-0.25, -0.2) is 9.18 Å². The summed E-state index contributed by atoms with van der Waals surface area (Å²) in [7, 11) is 0. The van der Waals surface area contributed by atoms with E-state index in [9.17, 15) is 14.3 Å². The van der Waals surface area contributed by atoms with Gasteiger partial charge in [0.2, 0.25) is 0 Å². The predicted octanol–water partition coefficient (Wildman–Crippen LogP) is 8.11. The van der Waals surface area contributed by atoms with E-state index in [4.69, 9.17) is 16.3 Å². The molecule has 1 fully saturated rings. The number of aromatic nitrogens is 1. The van der Waals surface area contributed by atoms with Crippen LogP contribution < -0.4 is 10.1 Å². The number of benzene rings is 2. The van der Waals surface area contributed by atoms with Crippen LogP contribution in [0.5, 0.6) is 5.75 Å². The number of fused-ring (bicyclic) bond motifs is 3. The van der Waals surface area contributed by atoms with E-state index in [-0.39, 0.29) is 11.3 Å². The summed E-state index contributed by atoms with van der Waals surface area (Å²) in [5.74, 6) is 0.461. The van der Waals surface area contributed by atoms with Gasteiger partial charge in [0.05, 0.1) is 12.3 Å². The normalized spacial score (nSPS) is 27.6. The first-order chi connectivity index (χ1) is 19.8. The first-order valence-corrected chi connectivity index (χ1v) is 15.3. The van der Waals surface area contributed by atoms with Gasteiger partial charge in [-0.3, -0.25) is 4.98 Å². The smallest absolute Gasteiger partial charge is 0.329 e. The highest BCUT2D eigenvalue weighted by Crippen LogP contribution is 2.56. The number of pyridine rings is 1. The molecule has 3 aromatic rings. The molecular formula is C34H38ClFN2O3. The Morgan fingerprint density at radius 1 is 1.17 bits per heavy atom. The minimum atomic E-state index is -1.03. The van der Waals surface area contributed by atoms with Crippen molar-refractivity contribution in [1.29, 1.82) is 0 Å². The summed E-state index contributed by atoms with van der Waals surface area (Å²) in [6.45, 7) is 2.73. The van der Waals surface area contributed by atoms with Crippen molar-refractivity contribution in [3.8, 4) is 5.75 Å². The van der Waals surface area contributed by atoms with Gasteiger partial charge >= 0.3 is 5.97 Å². The number of nitrogens with zero attached hydrogens (tertiary/aromatic N) is 1. The van der Waals surface area contributed by atoms with Gasteiger partial charge in [-0.15, -0.1) is 0 Å². The monoisotopic (exact) mass is 576 g/mol. The molecule has 3 aliphatic rings.